The van der Waals surface area contributed by atoms with Crippen molar-refractivity contribution >= 4 is 26.7 Å². The lowest BCUT2D eigenvalue weighted by molar-refractivity contribution is 0.688. The van der Waals surface area contributed by atoms with Gasteiger partial charge in [0.15, 0.2) is 0 Å². The Morgan fingerprint density at radius 1 is 1.27 bits per heavy atom. The molecule has 0 heterocycles. The molecule has 3 heteroatoms. The van der Waals surface area contributed by atoms with Gasteiger partial charge < -0.3 is 0 Å². The third-order valence-corrected chi connectivity index (χ3v) is 2.88. The van der Waals surface area contributed by atoms with Crippen molar-refractivity contribution in [2.24, 2.45) is 0 Å². The van der Waals surface area contributed by atoms with Gasteiger partial charge in [-0.15, -0.1) is 0 Å². The fourth-order valence-electron chi connectivity index (χ4n) is 0.680. The first kappa shape index (κ1) is 8.68. The summed E-state index contributed by atoms with van der Waals surface area (Å²) in [5.41, 5.74) is 0. The number of hydrogen-bond acceptors (Lipinski definition) is 1. The van der Waals surface area contributed by atoms with Crippen LogP contribution in [0.15, 0.2) is 45.6 Å². The van der Waals surface area contributed by atoms with Crippen LogP contribution in [0.2, 0.25) is 0 Å². The fraction of sp³-hybridized carbons (Fsp3) is 0. The number of benzene rings is 1. The van der Waals surface area contributed by atoms with Gasteiger partial charge in [-0.25, -0.2) is 4.21 Å². The Labute approximate surface area is 76.7 Å². The van der Waals surface area contributed by atoms with Crippen molar-refractivity contribution in [3.05, 3.63) is 40.7 Å². The summed E-state index contributed by atoms with van der Waals surface area (Å²) in [6.07, 6.45) is 0. The third-order valence-electron chi connectivity index (χ3n) is 1.15. The molecule has 0 bridgehead atoms. The lowest BCUT2D eigenvalue weighted by Crippen LogP contribution is -1.83. The lowest BCUT2D eigenvalue weighted by Gasteiger charge is -1.92. The van der Waals surface area contributed by atoms with Gasteiger partial charge >= 0.3 is 0 Å². The summed E-state index contributed by atoms with van der Waals surface area (Å²) in [4.78, 5) is 2.43. The molecule has 0 fully saturated rings. The molecule has 0 amide bonds. The summed E-state index contributed by atoms with van der Waals surface area (Å²) in [5.74, 6) is 0. The van der Waals surface area contributed by atoms with Crippen molar-refractivity contribution < 1.29 is 4.21 Å². The second-order valence-electron chi connectivity index (χ2n) is 1.87. The summed E-state index contributed by atoms with van der Waals surface area (Å²) >= 11 is 3.07. The summed E-state index contributed by atoms with van der Waals surface area (Å²) < 4.78 is 11.2. The van der Waals surface area contributed by atoms with Crippen LogP contribution in [0.3, 0.4) is 0 Å². The minimum atomic E-state index is -1.01. The molecule has 0 N–H and O–H groups in total. The van der Waals surface area contributed by atoms with E-state index in [1.165, 1.54) is 0 Å². The zero-order valence-corrected chi connectivity index (χ0v) is 8.14. The predicted molar refractivity (Wildman–Crippen MR) is 50.9 cm³/mol. The predicted octanol–water partition coefficient (Wildman–Crippen LogP) is 2.66. The summed E-state index contributed by atoms with van der Waals surface area (Å²) in [6, 6.07) is 9.31. The molecular weight excluding hydrogens is 224 g/mol. The highest BCUT2D eigenvalue weighted by Gasteiger charge is 1.95. The Bertz CT molecular complexity index is 269. The smallest absolute Gasteiger partial charge is 0.0781 e. The average molecular weight is 231 g/mol. The molecule has 1 unspecified atom stereocenters. The van der Waals surface area contributed by atoms with Gasteiger partial charge in [-0.3, -0.25) is 0 Å². The molecule has 1 nitrogen and oxygen atoms in total. The Morgan fingerprint density at radius 3 is 2.45 bits per heavy atom. The molecule has 58 valence electrons. The van der Waals surface area contributed by atoms with E-state index in [9.17, 15) is 4.21 Å². The summed E-state index contributed by atoms with van der Waals surface area (Å²) in [5, 5.41) is 1.59. The van der Waals surface area contributed by atoms with Crippen LogP contribution >= 0.6 is 15.9 Å². The van der Waals surface area contributed by atoms with E-state index in [0.717, 1.165) is 4.90 Å². The molecule has 0 saturated heterocycles. The Hall–Kier alpha value is -0.410. The normalized spacial score (nSPS) is 13.5. The van der Waals surface area contributed by atoms with Gasteiger partial charge in [0.1, 0.15) is 0 Å². The number of rotatable bonds is 2. The molecular formula is C8H7BrOS. The third kappa shape index (κ3) is 2.60. The largest absolute Gasteiger partial charge is 0.250 e. The second kappa shape index (κ2) is 4.46. The van der Waals surface area contributed by atoms with Crippen LogP contribution in [0.25, 0.3) is 0 Å². The van der Waals surface area contributed by atoms with E-state index in [4.69, 9.17) is 0 Å². The highest BCUT2D eigenvalue weighted by atomic mass is 79.9. The van der Waals surface area contributed by atoms with Gasteiger partial charge in [-0.2, -0.15) is 0 Å². The molecule has 0 radical (unpaired) electrons. The second-order valence-corrected chi connectivity index (χ2v) is 3.74. The van der Waals surface area contributed by atoms with Crippen molar-refractivity contribution in [1.82, 2.24) is 0 Å². The minimum absolute atomic E-state index is 0.822. The van der Waals surface area contributed by atoms with Crippen LogP contribution in [0, 0.1) is 0 Å². The van der Waals surface area contributed by atoms with E-state index in [0.29, 0.717) is 0 Å². The van der Waals surface area contributed by atoms with Gasteiger partial charge in [0.05, 0.1) is 10.8 Å². The van der Waals surface area contributed by atoms with Crippen LogP contribution in [0.5, 0.6) is 0 Å². The van der Waals surface area contributed by atoms with Gasteiger partial charge in [0.2, 0.25) is 0 Å². The van der Waals surface area contributed by atoms with E-state index in [2.05, 4.69) is 15.9 Å². The Balaban J connectivity index is 2.86. The number of halogens is 1. The minimum Gasteiger partial charge on any atom is -0.250 e. The lowest BCUT2D eigenvalue weighted by atomic mass is 10.4. The molecule has 1 atom stereocenters. The maximum atomic E-state index is 11.2. The topological polar surface area (TPSA) is 17.1 Å². The monoisotopic (exact) mass is 230 g/mol. The van der Waals surface area contributed by atoms with E-state index in [-0.39, 0.29) is 0 Å². The summed E-state index contributed by atoms with van der Waals surface area (Å²) in [6.45, 7) is 0. The van der Waals surface area contributed by atoms with E-state index < -0.39 is 10.8 Å². The van der Waals surface area contributed by atoms with Crippen molar-refractivity contribution in [2.45, 2.75) is 4.90 Å². The van der Waals surface area contributed by atoms with Crippen molar-refractivity contribution in [2.75, 3.05) is 0 Å². The Morgan fingerprint density at radius 2 is 1.91 bits per heavy atom. The van der Waals surface area contributed by atoms with Crippen LogP contribution in [0.4, 0.5) is 0 Å². The maximum absolute atomic E-state index is 11.2. The van der Waals surface area contributed by atoms with Gasteiger partial charge in [-0.1, -0.05) is 34.1 Å². The van der Waals surface area contributed by atoms with Gasteiger partial charge in [-0.05, 0) is 17.1 Å². The van der Waals surface area contributed by atoms with Crippen molar-refractivity contribution in [3.8, 4) is 0 Å². The Kier molecular flexibility index (Phi) is 3.52. The standard InChI is InChI=1S/C8H7BrOS/c9-6-7-11(10)8-4-2-1-3-5-8/h1-7H/b7-6+. The maximum Gasteiger partial charge on any atom is 0.0781 e. The zero-order valence-electron chi connectivity index (χ0n) is 5.74. The quantitative estimate of drug-likeness (QED) is 0.764. The highest BCUT2D eigenvalue weighted by Crippen LogP contribution is 2.06. The van der Waals surface area contributed by atoms with Crippen LogP contribution in [0.1, 0.15) is 0 Å². The van der Waals surface area contributed by atoms with Gasteiger partial charge in [0, 0.05) is 10.3 Å². The van der Waals surface area contributed by atoms with E-state index in [1.54, 1.807) is 10.4 Å². The zero-order chi connectivity index (χ0) is 8.10. The first-order valence-corrected chi connectivity index (χ1v) is 5.20. The molecule has 0 saturated carbocycles. The molecule has 0 aromatic heterocycles. The molecule has 0 aliphatic carbocycles. The average Bonchev–Trinajstić information content (AvgIpc) is 2.07. The first-order valence-electron chi connectivity index (χ1n) is 3.07. The molecule has 1 aromatic carbocycles. The van der Waals surface area contributed by atoms with Crippen LogP contribution in [-0.4, -0.2) is 4.21 Å². The molecule has 1 rings (SSSR count). The SMILES string of the molecule is O=S(/C=C/Br)c1ccccc1. The van der Waals surface area contributed by atoms with Crippen LogP contribution < -0.4 is 0 Å². The number of hydrogen-bond donors (Lipinski definition) is 0. The molecule has 1 aromatic rings. The van der Waals surface area contributed by atoms with Crippen molar-refractivity contribution in [1.29, 1.82) is 0 Å². The highest BCUT2D eigenvalue weighted by molar-refractivity contribution is 9.11. The first-order chi connectivity index (χ1) is 5.34. The van der Waals surface area contributed by atoms with Crippen molar-refractivity contribution in [3.63, 3.8) is 0 Å². The fourth-order valence-corrected chi connectivity index (χ4v) is 1.94. The molecule has 0 aliphatic heterocycles. The molecule has 0 spiro atoms. The summed E-state index contributed by atoms with van der Waals surface area (Å²) in [7, 11) is -1.01. The van der Waals surface area contributed by atoms with Crippen LogP contribution in [-0.2, 0) is 10.8 Å². The molecule has 11 heavy (non-hydrogen) atoms. The van der Waals surface area contributed by atoms with E-state index in [1.807, 2.05) is 30.3 Å². The van der Waals surface area contributed by atoms with E-state index >= 15 is 0 Å². The van der Waals surface area contributed by atoms with Gasteiger partial charge in [0.25, 0.3) is 0 Å². The molecule has 0 aliphatic rings.